The zero-order valence-electron chi connectivity index (χ0n) is 12.9. The first-order valence-corrected chi connectivity index (χ1v) is 8.34. The monoisotopic (exact) mass is 381 g/mol. The maximum absolute atomic E-state index is 6.03. The molecule has 0 aliphatic rings. The summed E-state index contributed by atoms with van der Waals surface area (Å²) in [7, 11) is 0. The molecule has 2 aromatic carbocycles. The number of aromatic nitrogens is 1. The highest BCUT2D eigenvalue weighted by Crippen LogP contribution is 2.27. The molecular weight excluding hydrogens is 365 g/mol. The molecule has 0 aliphatic heterocycles. The summed E-state index contributed by atoms with van der Waals surface area (Å²) in [4.78, 5) is 4.36. The molecule has 0 aliphatic carbocycles. The van der Waals surface area contributed by atoms with Crippen LogP contribution in [0.2, 0.25) is 5.02 Å². The Morgan fingerprint density at radius 1 is 1.00 bits per heavy atom. The summed E-state index contributed by atoms with van der Waals surface area (Å²) in [5.74, 6) is 0.624. The van der Waals surface area contributed by atoms with Crippen LogP contribution < -0.4 is 10.6 Å². The number of hydrogen-bond acceptors (Lipinski definition) is 3. The minimum Gasteiger partial charge on any atom is -0.355 e. The Bertz CT molecular complexity index is 791. The maximum Gasteiger partial charge on any atom is 0.0737 e. The summed E-state index contributed by atoms with van der Waals surface area (Å²) in [5.41, 5.74) is 4.16. The van der Waals surface area contributed by atoms with Gasteiger partial charge in [0.25, 0.3) is 0 Å². The standard InChI is InChI=1S/C18H17Cl2N3.ClH/c19-8-10-21-12-13-1-4-15(5-2-13)23-17-7-9-22-18-11-14(20)3-6-16(17)18;/h1-7,9,11,21H,8,10,12H2,(H,22,23);1H. The predicted molar refractivity (Wildman–Crippen MR) is 106 cm³/mol. The summed E-state index contributed by atoms with van der Waals surface area (Å²) in [6.45, 7) is 1.64. The molecule has 1 aromatic heterocycles. The van der Waals surface area contributed by atoms with Crippen molar-refractivity contribution in [2.45, 2.75) is 6.54 Å². The van der Waals surface area contributed by atoms with Gasteiger partial charge in [0.1, 0.15) is 0 Å². The average molecular weight is 383 g/mol. The largest absolute Gasteiger partial charge is 0.355 e. The molecule has 0 fully saturated rings. The Morgan fingerprint density at radius 3 is 2.54 bits per heavy atom. The van der Waals surface area contributed by atoms with Crippen molar-refractivity contribution in [1.82, 2.24) is 10.3 Å². The number of nitrogens with zero attached hydrogens (tertiary/aromatic N) is 1. The van der Waals surface area contributed by atoms with Gasteiger partial charge in [0.2, 0.25) is 0 Å². The Kier molecular flexibility index (Phi) is 7.13. The van der Waals surface area contributed by atoms with Gasteiger partial charge in [0.05, 0.1) is 5.52 Å². The van der Waals surface area contributed by atoms with E-state index in [0.29, 0.717) is 10.9 Å². The number of alkyl halides is 1. The van der Waals surface area contributed by atoms with E-state index >= 15 is 0 Å². The highest BCUT2D eigenvalue weighted by molar-refractivity contribution is 6.31. The molecule has 3 rings (SSSR count). The van der Waals surface area contributed by atoms with Gasteiger partial charge < -0.3 is 10.6 Å². The molecule has 0 bridgehead atoms. The fourth-order valence-corrected chi connectivity index (χ4v) is 2.69. The molecule has 0 amide bonds. The van der Waals surface area contributed by atoms with Crippen molar-refractivity contribution in [1.29, 1.82) is 0 Å². The van der Waals surface area contributed by atoms with Crippen molar-refractivity contribution >= 4 is 57.9 Å². The van der Waals surface area contributed by atoms with Crippen LogP contribution in [0.3, 0.4) is 0 Å². The topological polar surface area (TPSA) is 37.0 Å². The molecule has 2 N–H and O–H groups in total. The zero-order valence-corrected chi connectivity index (χ0v) is 15.3. The van der Waals surface area contributed by atoms with Crippen molar-refractivity contribution < 1.29 is 0 Å². The van der Waals surface area contributed by atoms with Crippen LogP contribution in [0.1, 0.15) is 5.56 Å². The number of hydrogen-bond donors (Lipinski definition) is 2. The highest BCUT2D eigenvalue weighted by Gasteiger charge is 2.03. The van der Waals surface area contributed by atoms with Crippen molar-refractivity contribution in [2.24, 2.45) is 0 Å². The smallest absolute Gasteiger partial charge is 0.0737 e. The molecule has 0 saturated carbocycles. The van der Waals surface area contributed by atoms with E-state index in [-0.39, 0.29) is 12.4 Å². The Balaban J connectivity index is 0.00000208. The Morgan fingerprint density at radius 2 is 1.79 bits per heavy atom. The van der Waals surface area contributed by atoms with Crippen molar-refractivity contribution in [3.8, 4) is 0 Å². The second-order valence-corrected chi connectivity index (χ2v) is 6.02. The van der Waals surface area contributed by atoms with Gasteiger partial charge in [0, 0.05) is 46.9 Å². The van der Waals surface area contributed by atoms with E-state index in [4.69, 9.17) is 23.2 Å². The van der Waals surface area contributed by atoms with E-state index in [1.807, 2.05) is 24.3 Å². The first-order valence-electron chi connectivity index (χ1n) is 7.43. The third-order valence-corrected chi connectivity index (χ3v) is 3.96. The number of pyridine rings is 1. The molecule has 0 radical (unpaired) electrons. The zero-order chi connectivity index (χ0) is 16.1. The number of fused-ring (bicyclic) bond motifs is 1. The number of rotatable bonds is 6. The van der Waals surface area contributed by atoms with E-state index in [1.165, 1.54) is 5.56 Å². The third-order valence-electron chi connectivity index (χ3n) is 3.54. The SMILES string of the molecule is Cl.ClCCNCc1ccc(Nc2ccnc3cc(Cl)ccc23)cc1. The summed E-state index contributed by atoms with van der Waals surface area (Å²) in [6, 6.07) is 16.0. The fourth-order valence-electron chi connectivity index (χ4n) is 2.39. The highest BCUT2D eigenvalue weighted by atomic mass is 35.5. The van der Waals surface area contributed by atoms with Gasteiger partial charge in [-0.2, -0.15) is 0 Å². The lowest BCUT2D eigenvalue weighted by Gasteiger charge is -2.10. The normalized spacial score (nSPS) is 10.4. The summed E-state index contributed by atoms with van der Waals surface area (Å²) in [6.07, 6.45) is 1.78. The average Bonchev–Trinajstić information content (AvgIpc) is 2.56. The molecule has 0 spiro atoms. The van der Waals surface area contributed by atoms with Crippen molar-refractivity contribution in [2.75, 3.05) is 17.7 Å². The van der Waals surface area contributed by atoms with E-state index in [2.05, 4.69) is 39.9 Å². The lowest BCUT2D eigenvalue weighted by Crippen LogP contribution is -2.15. The molecule has 6 heteroatoms. The van der Waals surface area contributed by atoms with Crippen LogP contribution in [0.4, 0.5) is 11.4 Å². The van der Waals surface area contributed by atoms with Gasteiger partial charge in [-0.25, -0.2) is 0 Å². The van der Waals surface area contributed by atoms with E-state index in [9.17, 15) is 0 Å². The van der Waals surface area contributed by atoms with Gasteiger partial charge in [-0.05, 0) is 42.0 Å². The molecule has 3 nitrogen and oxygen atoms in total. The molecule has 24 heavy (non-hydrogen) atoms. The molecule has 0 saturated heterocycles. The van der Waals surface area contributed by atoms with E-state index in [1.54, 1.807) is 6.20 Å². The van der Waals surface area contributed by atoms with Crippen LogP contribution in [0, 0.1) is 0 Å². The lowest BCUT2D eigenvalue weighted by molar-refractivity contribution is 0.730. The molecule has 126 valence electrons. The minimum atomic E-state index is 0. The number of anilines is 2. The quantitative estimate of drug-likeness (QED) is 0.444. The van der Waals surface area contributed by atoms with Crippen LogP contribution in [0.5, 0.6) is 0 Å². The fraction of sp³-hybridized carbons (Fsp3) is 0.167. The van der Waals surface area contributed by atoms with Gasteiger partial charge in [0.15, 0.2) is 0 Å². The Hall–Kier alpha value is -1.52. The molecule has 0 unspecified atom stereocenters. The predicted octanol–water partition coefficient (Wildman–Crippen LogP) is 5.38. The number of benzene rings is 2. The molecule has 1 heterocycles. The third kappa shape index (κ3) is 4.74. The molecule has 3 aromatic rings. The van der Waals surface area contributed by atoms with E-state index < -0.39 is 0 Å². The molecule has 0 atom stereocenters. The van der Waals surface area contributed by atoms with Gasteiger partial charge in [-0.1, -0.05) is 23.7 Å². The summed E-state index contributed by atoms with van der Waals surface area (Å²) in [5, 5.41) is 8.45. The van der Waals surface area contributed by atoms with Crippen molar-refractivity contribution in [3.05, 3.63) is 65.3 Å². The summed E-state index contributed by atoms with van der Waals surface area (Å²) < 4.78 is 0. The maximum atomic E-state index is 6.03. The second kappa shape index (κ2) is 9.09. The molecular formula is C18H18Cl3N3. The lowest BCUT2D eigenvalue weighted by atomic mass is 10.1. The van der Waals surface area contributed by atoms with Crippen LogP contribution >= 0.6 is 35.6 Å². The van der Waals surface area contributed by atoms with Gasteiger partial charge in [-0.15, -0.1) is 24.0 Å². The summed E-state index contributed by atoms with van der Waals surface area (Å²) >= 11 is 11.7. The minimum absolute atomic E-state index is 0. The number of nitrogens with one attached hydrogen (secondary N) is 2. The second-order valence-electron chi connectivity index (χ2n) is 5.21. The van der Waals surface area contributed by atoms with E-state index in [0.717, 1.165) is 35.4 Å². The van der Waals surface area contributed by atoms with Gasteiger partial charge >= 0.3 is 0 Å². The van der Waals surface area contributed by atoms with Crippen LogP contribution in [-0.4, -0.2) is 17.4 Å². The number of halogens is 3. The Labute approximate surface area is 157 Å². The van der Waals surface area contributed by atoms with Crippen LogP contribution in [-0.2, 0) is 6.54 Å². The van der Waals surface area contributed by atoms with Crippen LogP contribution in [0.25, 0.3) is 10.9 Å². The first kappa shape index (κ1) is 18.8. The first-order chi connectivity index (χ1) is 11.3. The van der Waals surface area contributed by atoms with Crippen LogP contribution in [0.15, 0.2) is 54.7 Å². The van der Waals surface area contributed by atoms with Gasteiger partial charge in [-0.3, -0.25) is 4.98 Å². The van der Waals surface area contributed by atoms with Crippen molar-refractivity contribution in [3.63, 3.8) is 0 Å².